The van der Waals surface area contributed by atoms with E-state index in [1.54, 1.807) is 17.0 Å². The molecule has 24 heavy (non-hydrogen) atoms. The molecule has 1 aromatic rings. The SMILES string of the molecule is O=C(C1CCCC1)N1CCOC[C@@](O)(COc2cccc(F)c2)C1. The normalized spacial score (nSPS) is 25.5. The molecule has 1 saturated carbocycles. The Morgan fingerprint density at radius 1 is 1.42 bits per heavy atom. The predicted octanol–water partition coefficient (Wildman–Crippen LogP) is 1.98. The van der Waals surface area contributed by atoms with E-state index in [0.29, 0.717) is 18.9 Å². The molecule has 3 rings (SSSR count). The van der Waals surface area contributed by atoms with Crippen LogP contribution in [0, 0.1) is 11.7 Å². The molecule has 1 aliphatic heterocycles. The van der Waals surface area contributed by atoms with Crippen LogP contribution in [0.25, 0.3) is 0 Å². The van der Waals surface area contributed by atoms with Crippen molar-refractivity contribution in [3.05, 3.63) is 30.1 Å². The van der Waals surface area contributed by atoms with Gasteiger partial charge in [0, 0.05) is 18.5 Å². The smallest absolute Gasteiger partial charge is 0.225 e. The van der Waals surface area contributed by atoms with Gasteiger partial charge >= 0.3 is 0 Å². The van der Waals surface area contributed by atoms with Crippen LogP contribution in [0.4, 0.5) is 4.39 Å². The first-order chi connectivity index (χ1) is 11.6. The van der Waals surface area contributed by atoms with Crippen LogP contribution < -0.4 is 4.74 Å². The molecule has 0 unspecified atom stereocenters. The zero-order valence-corrected chi connectivity index (χ0v) is 13.7. The molecule has 5 nitrogen and oxygen atoms in total. The zero-order chi connectivity index (χ0) is 17.0. The number of carbonyl (C=O) groups excluding carboxylic acids is 1. The molecule has 1 heterocycles. The van der Waals surface area contributed by atoms with Crippen molar-refractivity contribution in [2.75, 3.05) is 32.9 Å². The van der Waals surface area contributed by atoms with Crippen molar-refractivity contribution >= 4 is 5.91 Å². The van der Waals surface area contributed by atoms with Crippen molar-refractivity contribution in [1.29, 1.82) is 0 Å². The van der Waals surface area contributed by atoms with Gasteiger partial charge < -0.3 is 19.5 Å². The van der Waals surface area contributed by atoms with Crippen molar-refractivity contribution in [1.82, 2.24) is 4.90 Å². The first-order valence-electron chi connectivity index (χ1n) is 8.53. The minimum Gasteiger partial charge on any atom is -0.490 e. The summed E-state index contributed by atoms with van der Waals surface area (Å²) in [4.78, 5) is 14.3. The van der Waals surface area contributed by atoms with Gasteiger partial charge in [-0.15, -0.1) is 0 Å². The standard InChI is InChI=1S/C18H24FNO4/c19-15-6-3-7-16(10-15)24-13-18(22)11-20(8-9-23-12-18)17(21)14-4-1-2-5-14/h3,6-7,10,14,22H,1-2,4-5,8-9,11-13H2/t18-/m1/s1. The molecule has 0 aromatic heterocycles. The second kappa shape index (κ2) is 7.49. The number of halogens is 1. The Kier molecular flexibility index (Phi) is 5.36. The van der Waals surface area contributed by atoms with E-state index in [-0.39, 0.29) is 31.6 Å². The van der Waals surface area contributed by atoms with Crippen LogP contribution in [0.1, 0.15) is 25.7 Å². The second-order valence-electron chi connectivity index (χ2n) is 6.76. The minimum absolute atomic E-state index is 0.0507. The molecule has 2 fully saturated rings. The Hall–Kier alpha value is -1.66. The first-order valence-corrected chi connectivity index (χ1v) is 8.53. The largest absolute Gasteiger partial charge is 0.490 e. The number of nitrogens with zero attached hydrogens (tertiary/aromatic N) is 1. The highest BCUT2D eigenvalue weighted by atomic mass is 19.1. The van der Waals surface area contributed by atoms with Gasteiger partial charge in [-0.1, -0.05) is 18.9 Å². The van der Waals surface area contributed by atoms with Crippen LogP contribution in [-0.4, -0.2) is 54.4 Å². The average molecular weight is 337 g/mol. The van der Waals surface area contributed by atoms with Crippen molar-refractivity contribution in [2.45, 2.75) is 31.3 Å². The Morgan fingerprint density at radius 3 is 2.96 bits per heavy atom. The van der Waals surface area contributed by atoms with Crippen LogP contribution in [0.3, 0.4) is 0 Å². The minimum atomic E-state index is -1.29. The van der Waals surface area contributed by atoms with Gasteiger partial charge in [0.05, 0.1) is 19.8 Å². The van der Waals surface area contributed by atoms with E-state index in [9.17, 15) is 14.3 Å². The van der Waals surface area contributed by atoms with Gasteiger partial charge in [-0.2, -0.15) is 0 Å². The third kappa shape index (κ3) is 4.24. The van der Waals surface area contributed by atoms with Crippen LogP contribution in [0.15, 0.2) is 24.3 Å². The van der Waals surface area contributed by atoms with Crippen LogP contribution in [0.5, 0.6) is 5.75 Å². The summed E-state index contributed by atoms with van der Waals surface area (Å²) in [7, 11) is 0. The number of aliphatic hydroxyl groups is 1. The van der Waals surface area contributed by atoms with E-state index in [1.165, 1.54) is 12.1 Å². The third-order valence-electron chi connectivity index (χ3n) is 4.68. The summed E-state index contributed by atoms with van der Waals surface area (Å²) in [6.07, 6.45) is 4.03. The van der Waals surface area contributed by atoms with Gasteiger partial charge in [0.15, 0.2) is 0 Å². The fraction of sp³-hybridized carbons (Fsp3) is 0.611. The topological polar surface area (TPSA) is 59.0 Å². The maximum Gasteiger partial charge on any atom is 0.225 e. The zero-order valence-electron chi connectivity index (χ0n) is 13.7. The molecule has 1 N–H and O–H groups in total. The van der Waals surface area contributed by atoms with Crippen LogP contribution >= 0.6 is 0 Å². The molecule has 1 aliphatic carbocycles. The summed E-state index contributed by atoms with van der Waals surface area (Å²) in [5, 5.41) is 10.8. The molecular weight excluding hydrogens is 313 g/mol. The van der Waals surface area contributed by atoms with Crippen molar-refractivity contribution in [2.24, 2.45) is 5.92 Å². The van der Waals surface area contributed by atoms with Gasteiger partial charge in [-0.05, 0) is 25.0 Å². The number of hydrogen-bond acceptors (Lipinski definition) is 4. The lowest BCUT2D eigenvalue weighted by atomic mass is 10.0. The maximum atomic E-state index is 13.2. The van der Waals surface area contributed by atoms with Crippen LogP contribution in [0.2, 0.25) is 0 Å². The van der Waals surface area contributed by atoms with Gasteiger partial charge in [0.25, 0.3) is 0 Å². The number of carbonyl (C=O) groups is 1. The summed E-state index contributed by atoms with van der Waals surface area (Å²) < 4.78 is 24.2. The highest BCUT2D eigenvalue weighted by molar-refractivity contribution is 5.79. The van der Waals surface area contributed by atoms with Crippen molar-refractivity contribution < 1.29 is 23.8 Å². The number of β-amino-alcohol motifs (C(OH)–C–C–N with tert-alkyl or cyclic N) is 1. The summed E-state index contributed by atoms with van der Waals surface area (Å²) in [6, 6.07) is 5.78. The third-order valence-corrected chi connectivity index (χ3v) is 4.68. The summed E-state index contributed by atoms with van der Waals surface area (Å²) in [5.41, 5.74) is -1.29. The molecule has 1 amide bonds. The lowest BCUT2D eigenvalue weighted by Crippen LogP contribution is -2.51. The molecule has 0 radical (unpaired) electrons. The summed E-state index contributed by atoms with van der Waals surface area (Å²) in [6.45, 7) is 1.11. The number of hydrogen-bond donors (Lipinski definition) is 1. The van der Waals surface area contributed by atoms with E-state index in [2.05, 4.69) is 0 Å². The first kappa shape index (κ1) is 17.2. The monoisotopic (exact) mass is 337 g/mol. The highest BCUT2D eigenvalue weighted by Crippen LogP contribution is 2.28. The van der Waals surface area contributed by atoms with Gasteiger partial charge in [0.2, 0.25) is 5.91 Å². The molecule has 1 saturated heterocycles. The molecule has 1 aromatic carbocycles. The molecule has 0 spiro atoms. The van der Waals surface area contributed by atoms with E-state index in [4.69, 9.17) is 9.47 Å². The molecule has 2 aliphatic rings. The van der Waals surface area contributed by atoms with Crippen LogP contribution in [-0.2, 0) is 9.53 Å². The number of rotatable bonds is 4. The fourth-order valence-electron chi connectivity index (χ4n) is 3.40. The maximum absolute atomic E-state index is 13.2. The predicted molar refractivity (Wildman–Crippen MR) is 86.2 cm³/mol. The molecule has 132 valence electrons. The van der Waals surface area contributed by atoms with Crippen molar-refractivity contribution in [3.63, 3.8) is 0 Å². The van der Waals surface area contributed by atoms with Gasteiger partial charge in [-0.25, -0.2) is 4.39 Å². The lowest BCUT2D eigenvalue weighted by Gasteiger charge is -2.31. The Balaban J connectivity index is 1.63. The summed E-state index contributed by atoms with van der Waals surface area (Å²) in [5.74, 6) is 0.120. The van der Waals surface area contributed by atoms with E-state index in [0.717, 1.165) is 25.7 Å². The van der Waals surface area contributed by atoms with Gasteiger partial charge in [0.1, 0.15) is 23.8 Å². The van der Waals surface area contributed by atoms with E-state index >= 15 is 0 Å². The molecule has 0 bridgehead atoms. The van der Waals surface area contributed by atoms with Gasteiger partial charge in [-0.3, -0.25) is 4.79 Å². The Morgan fingerprint density at radius 2 is 2.21 bits per heavy atom. The highest BCUT2D eigenvalue weighted by Gasteiger charge is 2.37. The Bertz CT molecular complexity index is 576. The lowest BCUT2D eigenvalue weighted by molar-refractivity contribution is -0.139. The number of amides is 1. The fourth-order valence-corrected chi connectivity index (χ4v) is 3.40. The number of ether oxygens (including phenoxy) is 2. The number of benzene rings is 1. The van der Waals surface area contributed by atoms with E-state index < -0.39 is 11.4 Å². The summed E-state index contributed by atoms with van der Waals surface area (Å²) >= 11 is 0. The quantitative estimate of drug-likeness (QED) is 0.913. The molecule has 1 atom stereocenters. The van der Waals surface area contributed by atoms with Crippen molar-refractivity contribution in [3.8, 4) is 5.75 Å². The molecular formula is C18H24FNO4. The molecule has 6 heteroatoms. The van der Waals surface area contributed by atoms with E-state index in [1.807, 2.05) is 0 Å². The Labute approximate surface area is 141 Å². The second-order valence-corrected chi connectivity index (χ2v) is 6.76. The average Bonchev–Trinajstić information content (AvgIpc) is 3.03.